The zero-order valence-corrected chi connectivity index (χ0v) is 14.6. The molecule has 1 fully saturated rings. The third-order valence-corrected chi connectivity index (χ3v) is 5.17. The van der Waals surface area contributed by atoms with Crippen molar-refractivity contribution < 1.29 is 4.79 Å². The number of rotatable bonds is 4. The van der Waals surface area contributed by atoms with Crippen molar-refractivity contribution >= 4 is 17.2 Å². The van der Waals surface area contributed by atoms with E-state index in [4.69, 9.17) is 4.99 Å². The molecule has 1 aliphatic heterocycles. The topological polar surface area (TPSA) is 41.5 Å². The Hall–Kier alpha value is -1.64. The van der Waals surface area contributed by atoms with Crippen molar-refractivity contribution in [2.75, 3.05) is 12.4 Å². The molecule has 1 aliphatic carbocycles. The number of nitrogens with zero attached hydrogens (tertiary/aromatic N) is 1. The van der Waals surface area contributed by atoms with Gasteiger partial charge in [0.1, 0.15) is 5.78 Å². The summed E-state index contributed by atoms with van der Waals surface area (Å²) in [6.45, 7) is 4.32. The molecule has 0 unspecified atom stereocenters. The number of fused-ring (bicyclic) bond motifs is 1. The lowest BCUT2D eigenvalue weighted by molar-refractivity contribution is -0.122. The van der Waals surface area contributed by atoms with Gasteiger partial charge in [0.2, 0.25) is 0 Å². The molecule has 124 valence electrons. The van der Waals surface area contributed by atoms with E-state index in [2.05, 4.69) is 37.4 Å². The summed E-state index contributed by atoms with van der Waals surface area (Å²) in [6, 6.07) is 6.45. The van der Waals surface area contributed by atoms with Crippen LogP contribution < -0.4 is 5.32 Å². The molecule has 0 aromatic heterocycles. The minimum absolute atomic E-state index is 0.115. The molecule has 3 nitrogen and oxygen atoms in total. The highest BCUT2D eigenvalue weighted by atomic mass is 16.1. The highest BCUT2D eigenvalue weighted by molar-refractivity contribution is 6.13. The van der Waals surface area contributed by atoms with Gasteiger partial charge in [-0.2, -0.15) is 0 Å². The van der Waals surface area contributed by atoms with Gasteiger partial charge in [-0.25, -0.2) is 0 Å². The van der Waals surface area contributed by atoms with Crippen LogP contribution in [0.3, 0.4) is 0 Å². The number of hydrogen-bond donors (Lipinski definition) is 1. The second-order valence-electron chi connectivity index (χ2n) is 7.65. The first-order valence-corrected chi connectivity index (χ1v) is 8.91. The number of Topliss-reactive ketones (excluding diaryl/α,β-unsaturated/α-hetero) is 1. The van der Waals surface area contributed by atoms with Crippen LogP contribution in [0.25, 0.3) is 0 Å². The first-order valence-electron chi connectivity index (χ1n) is 8.91. The smallest absolute Gasteiger partial charge is 0.141 e. The summed E-state index contributed by atoms with van der Waals surface area (Å²) < 4.78 is 0. The van der Waals surface area contributed by atoms with Gasteiger partial charge in [-0.3, -0.25) is 9.79 Å². The van der Waals surface area contributed by atoms with Crippen LogP contribution in [0.15, 0.2) is 23.2 Å². The van der Waals surface area contributed by atoms with Gasteiger partial charge in [-0.05, 0) is 50.8 Å². The van der Waals surface area contributed by atoms with Crippen LogP contribution in [-0.2, 0) is 11.2 Å². The maximum atomic E-state index is 12.7. The Morgan fingerprint density at radius 3 is 2.70 bits per heavy atom. The summed E-state index contributed by atoms with van der Waals surface area (Å²) in [5.41, 5.74) is 4.44. The maximum Gasteiger partial charge on any atom is 0.141 e. The lowest BCUT2D eigenvalue weighted by atomic mass is 9.81. The van der Waals surface area contributed by atoms with Gasteiger partial charge in [0.15, 0.2) is 0 Å². The van der Waals surface area contributed by atoms with Crippen LogP contribution in [0.5, 0.6) is 0 Å². The van der Waals surface area contributed by atoms with Crippen LogP contribution in [0.2, 0.25) is 0 Å². The lowest BCUT2D eigenvalue weighted by Gasteiger charge is -2.30. The summed E-state index contributed by atoms with van der Waals surface area (Å²) in [7, 11) is 1.93. The summed E-state index contributed by atoms with van der Waals surface area (Å²) in [6.07, 6.45) is 7.26. The fourth-order valence-electron chi connectivity index (χ4n) is 3.95. The highest BCUT2D eigenvalue weighted by Gasteiger charge is 2.29. The van der Waals surface area contributed by atoms with Gasteiger partial charge >= 0.3 is 0 Å². The van der Waals surface area contributed by atoms with E-state index in [1.165, 1.54) is 30.4 Å². The predicted octanol–water partition coefficient (Wildman–Crippen LogP) is 4.39. The molecule has 0 bridgehead atoms. The molecular weight excluding hydrogens is 284 g/mol. The van der Waals surface area contributed by atoms with E-state index in [9.17, 15) is 4.79 Å². The molecule has 1 N–H and O–H groups in total. The largest absolute Gasteiger partial charge is 0.388 e. The van der Waals surface area contributed by atoms with Crippen molar-refractivity contribution in [2.24, 2.45) is 10.9 Å². The van der Waals surface area contributed by atoms with E-state index in [1.54, 1.807) is 0 Å². The van der Waals surface area contributed by atoms with Crippen molar-refractivity contribution in [2.45, 2.75) is 64.3 Å². The van der Waals surface area contributed by atoms with Crippen molar-refractivity contribution in [3.05, 3.63) is 29.3 Å². The van der Waals surface area contributed by atoms with Crippen molar-refractivity contribution in [3.63, 3.8) is 0 Å². The van der Waals surface area contributed by atoms with Gasteiger partial charge in [0, 0.05) is 30.6 Å². The third-order valence-electron chi connectivity index (χ3n) is 5.17. The van der Waals surface area contributed by atoms with Gasteiger partial charge in [0.25, 0.3) is 0 Å². The van der Waals surface area contributed by atoms with Crippen molar-refractivity contribution in [3.8, 4) is 0 Å². The normalized spacial score (nSPS) is 20.6. The first-order chi connectivity index (χ1) is 11.0. The molecule has 1 heterocycles. The Labute approximate surface area is 139 Å². The van der Waals surface area contributed by atoms with Crippen LogP contribution in [0, 0.1) is 5.92 Å². The number of ketones is 1. The SMILES string of the molecule is CNc1ccc2c(c1)C(CC(=O)C1CCCCC1)=NC(C)(C)C2. The number of benzene rings is 1. The van der Waals surface area contributed by atoms with Crippen molar-refractivity contribution in [1.82, 2.24) is 0 Å². The summed E-state index contributed by atoms with van der Waals surface area (Å²) in [5.74, 6) is 0.648. The number of aliphatic imine (C=N–C) groups is 1. The second kappa shape index (κ2) is 6.46. The fourth-order valence-corrected chi connectivity index (χ4v) is 3.95. The Morgan fingerprint density at radius 2 is 2.00 bits per heavy atom. The van der Waals surface area contributed by atoms with Crippen LogP contribution in [0.4, 0.5) is 5.69 Å². The van der Waals surface area contributed by atoms with E-state index < -0.39 is 0 Å². The average molecular weight is 312 g/mol. The van der Waals surface area contributed by atoms with Gasteiger partial charge in [-0.15, -0.1) is 0 Å². The number of carbonyl (C=O) groups excluding carboxylic acids is 1. The standard InChI is InChI=1S/C20H28N2O/c1-20(2)13-15-9-10-16(21-3)11-17(15)18(22-20)12-19(23)14-7-5-4-6-8-14/h9-11,14,21H,4-8,12-13H2,1-3H3. The maximum absolute atomic E-state index is 12.7. The van der Waals surface area contributed by atoms with Crippen LogP contribution >= 0.6 is 0 Å². The van der Waals surface area contributed by atoms with E-state index in [1.807, 2.05) is 7.05 Å². The third kappa shape index (κ3) is 3.65. The zero-order chi connectivity index (χ0) is 16.4. The Morgan fingerprint density at radius 1 is 1.26 bits per heavy atom. The molecule has 3 rings (SSSR count). The summed E-state index contributed by atoms with van der Waals surface area (Å²) in [5, 5.41) is 3.20. The second-order valence-corrected chi connectivity index (χ2v) is 7.65. The molecule has 0 radical (unpaired) electrons. The fraction of sp³-hybridized carbons (Fsp3) is 0.600. The molecule has 2 aliphatic rings. The van der Waals surface area contributed by atoms with Crippen molar-refractivity contribution in [1.29, 1.82) is 0 Å². The number of anilines is 1. The molecule has 23 heavy (non-hydrogen) atoms. The number of hydrogen-bond acceptors (Lipinski definition) is 3. The Kier molecular flexibility index (Phi) is 4.56. The first kappa shape index (κ1) is 16.2. The Bertz CT molecular complexity index is 625. The van der Waals surface area contributed by atoms with E-state index >= 15 is 0 Å². The summed E-state index contributed by atoms with van der Waals surface area (Å²) >= 11 is 0. The lowest BCUT2D eigenvalue weighted by Crippen LogP contribution is -2.31. The molecule has 1 aromatic carbocycles. The Balaban J connectivity index is 1.87. The predicted molar refractivity (Wildman–Crippen MR) is 96.5 cm³/mol. The van der Waals surface area contributed by atoms with Gasteiger partial charge < -0.3 is 5.32 Å². The molecule has 3 heteroatoms. The average Bonchev–Trinajstić information content (AvgIpc) is 2.54. The van der Waals surface area contributed by atoms with Crippen LogP contribution in [0.1, 0.15) is 63.5 Å². The molecule has 0 saturated heterocycles. The van der Waals surface area contributed by atoms with Crippen LogP contribution in [-0.4, -0.2) is 24.1 Å². The zero-order valence-electron chi connectivity index (χ0n) is 14.6. The minimum Gasteiger partial charge on any atom is -0.388 e. The van der Waals surface area contributed by atoms with E-state index in [-0.39, 0.29) is 11.5 Å². The van der Waals surface area contributed by atoms with E-state index in [0.29, 0.717) is 12.2 Å². The summed E-state index contributed by atoms with van der Waals surface area (Å²) in [4.78, 5) is 17.7. The number of nitrogens with one attached hydrogen (secondary N) is 1. The molecular formula is C20H28N2O. The van der Waals surface area contributed by atoms with Gasteiger partial charge in [-0.1, -0.05) is 25.3 Å². The monoisotopic (exact) mass is 312 g/mol. The molecule has 0 amide bonds. The molecule has 1 aromatic rings. The molecule has 0 atom stereocenters. The molecule has 1 saturated carbocycles. The van der Waals surface area contributed by atoms with Gasteiger partial charge in [0.05, 0.1) is 11.3 Å². The molecule has 0 spiro atoms. The quantitative estimate of drug-likeness (QED) is 0.895. The minimum atomic E-state index is -0.115. The van der Waals surface area contributed by atoms with E-state index in [0.717, 1.165) is 30.7 Å². The highest BCUT2D eigenvalue weighted by Crippen LogP contribution is 2.32. The number of carbonyl (C=O) groups is 1.